The molecule has 0 aliphatic heterocycles. The van der Waals surface area contributed by atoms with Crippen molar-refractivity contribution >= 4 is 11.9 Å². The first kappa shape index (κ1) is 21.3. The molecule has 0 saturated carbocycles. The second kappa shape index (κ2) is 12.4. The fraction of sp³-hybridized carbons (Fsp3) is 0.364. The van der Waals surface area contributed by atoms with E-state index in [4.69, 9.17) is 4.74 Å². The van der Waals surface area contributed by atoms with E-state index in [1.54, 1.807) is 7.05 Å². The van der Waals surface area contributed by atoms with Gasteiger partial charge >= 0.3 is 0 Å². The van der Waals surface area contributed by atoms with Crippen LogP contribution in [0, 0.1) is 0 Å². The molecular weight excluding hydrogens is 352 g/mol. The van der Waals surface area contributed by atoms with Gasteiger partial charge in [0, 0.05) is 38.7 Å². The smallest absolute Gasteiger partial charge is 0.251 e. The number of benzene rings is 2. The maximum atomic E-state index is 11.7. The van der Waals surface area contributed by atoms with Gasteiger partial charge in [0.05, 0.1) is 6.61 Å². The minimum Gasteiger partial charge on any atom is -0.494 e. The zero-order valence-corrected chi connectivity index (χ0v) is 16.7. The Labute approximate surface area is 167 Å². The first-order valence-corrected chi connectivity index (χ1v) is 9.74. The molecule has 0 heterocycles. The highest BCUT2D eigenvalue weighted by Gasteiger charge is 2.04. The summed E-state index contributed by atoms with van der Waals surface area (Å²) >= 11 is 0. The molecule has 0 spiro atoms. The molecule has 1 amide bonds. The molecule has 28 heavy (non-hydrogen) atoms. The lowest BCUT2D eigenvalue weighted by atomic mass is 10.1. The van der Waals surface area contributed by atoms with E-state index < -0.39 is 0 Å². The third-order valence-electron chi connectivity index (χ3n) is 4.05. The maximum Gasteiger partial charge on any atom is 0.251 e. The van der Waals surface area contributed by atoms with E-state index in [2.05, 4.69) is 20.9 Å². The molecule has 0 unspecified atom stereocenters. The molecule has 2 aromatic rings. The van der Waals surface area contributed by atoms with Gasteiger partial charge in [-0.1, -0.05) is 30.3 Å². The Bertz CT molecular complexity index is 747. The Balaban J connectivity index is 1.74. The molecule has 2 aromatic carbocycles. The van der Waals surface area contributed by atoms with Crippen LogP contribution < -0.4 is 20.7 Å². The van der Waals surface area contributed by atoms with E-state index in [-0.39, 0.29) is 5.91 Å². The molecule has 150 valence electrons. The van der Waals surface area contributed by atoms with Crippen molar-refractivity contribution in [3.8, 4) is 5.75 Å². The van der Waals surface area contributed by atoms with Gasteiger partial charge in [0.1, 0.15) is 5.75 Å². The number of hydrogen-bond acceptors (Lipinski definition) is 3. The van der Waals surface area contributed by atoms with Crippen molar-refractivity contribution in [2.75, 3.05) is 33.3 Å². The lowest BCUT2D eigenvalue weighted by Crippen LogP contribution is -2.38. The number of carbonyl (C=O) groups excluding carboxylic acids is 1. The summed E-state index contributed by atoms with van der Waals surface area (Å²) in [7, 11) is 1.64. The summed E-state index contributed by atoms with van der Waals surface area (Å²) in [5.74, 6) is 1.61. The Kier molecular flexibility index (Phi) is 9.41. The number of guanidine groups is 1. The summed E-state index contributed by atoms with van der Waals surface area (Å²) in [5.41, 5.74) is 1.79. The normalized spacial score (nSPS) is 11.0. The highest BCUT2D eigenvalue weighted by atomic mass is 16.5. The van der Waals surface area contributed by atoms with Gasteiger partial charge in [0.2, 0.25) is 0 Å². The zero-order chi connectivity index (χ0) is 20.0. The molecular formula is C22H30N4O2. The zero-order valence-electron chi connectivity index (χ0n) is 16.7. The fourth-order valence-electron chi connectivity index (χ4n) is 2.64. The van der Waals surface area contributed by atoms with Crippen molar-refractivity contribution in [1.82, 2.24) is 16.0 Å². The van der Waals surface area contributed by atoms with E-state index in [0.29, 0.717) is 18.7 Å². The lowest BCUT2D eigenvalue weighted by Gasteiger charge is -2.12. The summed E-state index contributed by atoms with van der Waals surface area (Å²) in [6, 6.07) is 17.5. The molecule has 6 heteroatoms. The van der Waals surface area contributed by atoms with Gasteiger partial charge in [-0.3, -0.25) is 9.79 Å². The number of nitrogens with zero attached hydrogens (tertiary/aromatic N) is 1. The largest absolute Gasteiger partial charge is 0.494 e. The van der Waals surface area contributed by atoms with Crippen LogP contribution in [0.15, 0.2) is 59.6 Å². The summed E-state index contributed by atoms with van der Waals surface area (Å²) in [6.07, 6.45) is 1.66. The molecule has 0 aliphatic rings. The van der Waals surface area contributed by atoms with Crippen LogP contribution >= 0.6 is 0 Å². The van der Waals surface area contributed by atoms with Crippen LogP contribution in [-0.2, 0) is 6.42 Å². The molecule has 0 radical (unpaired) electrons. The molecule has 0 bridgehead atoms. The number of aliphatic imine (C=N–C) groups is 1. The van der Waals surface area contributed by atoms with Crippen molar-refractivity contribution < 1.29 is 9.53 Å². The van der Waals surface area contributed by atoms with Gasteiger partial charge < -0.3 is 20.7 Å². The number of para-hydroxylation sites is 1. The van der Waals surface area contributed by atoms with Gasteiger partial charge in [-0.05, 0) is 43.2 Å². The number of carbonyl (C=O) groups is 1. The second-order valence-corrected chi connectivity index (χ2v) is 6.23. The van der Waals surface area contributed by atoms with Crippen molar-refractivity contribution in [3.05, 3.63) is 65.7 Å². The van der Waals surface area contributed by atoms with E-state index in [0.717, 1.165) is 43.2 Å². The van der Waals surface area contributed by atoms with Crippen LogP contribution in [0.5, 0.6) is 5.75 Å². The predicted molar refractivity (Wildman–Crippen MR) is 114 cm³/mol. The summed E-state index contributed by atoms with van der Waals surface area (Å²) in [6.45, 7) is 4.91. The van der Waals surface area contributed by atoms with Crippen LogP contribution in [-0.4, -0.2) is 45.2 Å². The average molecular weight is 383 g/mol. The molecule has 0 atom stereocenters. The minimum absolute atomic E-state index is 0.0672. The molecule has 0 saturated heterocycles. The predicted octanol–water partition coefficient (Wildman–Crippen LogP) is 2.61. The molecule has 0 aliphatic carbocycles. The SMILES string of the molecule is CCNC(=NCCCOc1ccccc1)NCCc1cccc(C(=O)NC)c1. The molecule has 0 aromatic heterocycles. The van der Waals surface area contributed by atoms with Crippen LogP contribution in [0.3, 0.4) is 0 Å². The third-order valence-corrected chi connectivity index (χ3v) is 4.05. The summed E-state index contributed by atoms with van der Waals surface area (Å²) in [4.78, 5) is 16.3. The van der Waals surface area contributed by atoms with Gasteiger partial charge in [-0.15, -0.1) is 0 Å². The highest BCUT2D eigenvalue weighted by Crippen LogP contribution is 2.08. The summed E-state index contributed by atoms with van der Waals surface area (Å²) < 4.78 is 5.68. The Hall–Kier alpha value is -3.02. The van der Waals surface area contributed by atoms with Crippen molar-refractivity contribution in [2.45, 2.75) is 19.8 Å². The Morgan fingerprint density at radius 2 is 1.89 bits per heavy atom. The van der Waals surface area contributed by atoms with E-state index >= 15 is 0 Å². The van der Waals surface area contributed by atoms with Gasteiger partial charge in [0.15, 0.2) is 5.96 Å². The molecule has 6 nitrogen and oxygen atoms in total. The lowest BCUT2D eigenvalue weighted by molar-refractivity contribution is 0.0963. The monoisotopic (exact) mass is 382 g/mol. The van der Waals surface area contributed by atoms with Gasteiger partial charge in [-0.2, -0.15) is 0 Å². The van der Waals surface area contributed by atoms with E-state index in [9.17, 15) is 4.79 Å². The average Bonchev–Trinajstić information content (AvgIpc) is 2.74. The van der Waals surface area contributed by atoms with Crippen molar-refractivity contribution in [1.29, 1.82) is 0 Å². The molecule has 2 rings (SSSR count). The first-order chi connectivity index (χ1) is 13.7. The number of rotatable bonds is 10. The van der Waals surface area contributed by atoms with Crippen LogP contribution in [0.1, 0.15) is 29.3 Å². The first-order valence-electron chi connectivity index (χ1n) is 9.74. The molecule has 3 N–H and O–H groups in total. The van der Waals surface area contributed by atoms with Crippen LogP contribution in [0.2, 0.25) is 0 Å². The molecule has 0 fully saturated rings. The van der Waals surface area contributed by atoms with Crippen molar-refractivity contribution in [2.24, 2.45) is 4.99 Å². The second-order valence-electron chi connectivity index (χ2n) is 6.23. The topological polar surface area (TPSA) is 74.8 Å². The number of amides is 1. The van der Waals surface area contributed by atoms with Crippen molar-refractivity contribution in [3.63, 3.8) is 0 Å². The van der Waals surface area contributed by atoms with Crippen LogP contribution in [0.25, 0.3) is 0 Å². The minimum atomic E-state index is -0.0672. The van der Waals surface area contributed by atoms with E-state index in [1.165, 1.54) is 0 Å². The third kappa shape index (κ3) is 7.70. The number of ether oxygens (including phenoxy) is 1. The summed E-state index contributed by atoms with van der Waals surface area (Å²) in [5, 5.41) is 9.24. The van der Waals surface area contributed by atoms with E-state index in [1.807, 2.05) is 61.5 Å². The maximum absolute atomic E-state index is 11.7. The fourth-order valence-corrected chi connectivity index (χ4v) is 2.64. The van der Waals surface area contributed by atoms with Gasteiger partial charge in [0.25, 0.3) is 5.91 Å². The Morgan fingerprint density at radius 3 is 2.64 bits per heavy atom. The highest BCUT2D eigenvalue weighted by molar-refractivity contribution is 5.94. The standard InChI is InChI=1S/C22H30N4O2/c1-3-24-22(25-14-8-16-28-20-11-5-4-6-12-20)26-15-13-18-9-7-10-19(17-18)21(27)23-2/h4-7,9-12,17H,3,8,13-16H2,1-2H3,(H,23,27)(H2,24,25,26). The quantitative estimate of drug-likeness (QED) is 0.335. The number of hydrogen-bond donors (Lipinski definition) is 3. The van der Waals surface area contributed by atoms with Gasteiger partial charge in [-0.25, -0.2) is 0 Å². The van der Waals surface area contributed by atoms with Crippen LogP contribution in [0.4, 0.5) is 0 Å². The number of nitrogens with one attached hydrogen (secondary N) is 3. The Morgan fingerprint density at radius 1 is 1.07 bits per heavy atom.